The number of hydrogen-bond donors (Lipinski definition) is 3. The predicted octanol–water partition coefficient (Wildman–Crippen LogP) is 4.92. The summed E-state index contributed by atoms with van der Waals surface area (Å²) >= 11 is 0. The van der Waals surface area contributed by atoms with E-state index < -0.39 is 0 Å². The average Bonchev–Trinajstić information content (AvgIpc) is 3.11. The molecule has 0 amide bonds. The number of benzene rings is 2. The zero-order valence-electron chi connectivity index (χ0n) is 20.0. The molecule has 0 atom stereocenters. The first-order chi connectivity index (χ1) is 15.3. The van der Waals surface area contributed by atoms with Crippen molar-refractivity contribution >= 4 is 5.84 Å². The smallest absolute Gasteiger partial charge is 0.150 e. The number of hydrogen-bond acceptors (Lipinski definition) is 4. The van der Waals surface area contributed by atoms with E-state index in [4.69, 9.17) is 11.6 Å². The molecule has 0 radical (unpaired) electrons. The highest BCUT2D eigenvalue weighted by molar-refractivity contribution is 6.03. The molecular weight excluding hydrogens is 398 g/mol. The van der Waals surface area contributed by atoms with Gasteiger partial charge in [0.05, 0.1) is 18.0 Å². The van der Waals surface area contributed by atoms with Crippen LogP contribution in [0, 0.1) is 12.8 Å². The van der Waals surface area contributed by atoms with E-state index in [1.165, 1.54) is 0 Å². The Morgan fingerprint density at radius 2 is 1.72 bits per heavy atom. The number of nitrogens with zero attached hydrogens (tertiary/aromatic N) is 3. The van der Waals surface area contributed by atoms with Crippen molar-refractivity contribution in [2.24, 2.45) is 22.6 Å². The van der Waals surface area contributed by atoms with E-state index >= 15 is 0 Å². The summed E-state index contributed by atoms with van der Waals surface area (Å²) in [5.74, 6) is 7.49. The first-order valence-electron chi connectivity index (χ1n) is 11.2. The molecule has 0 aliphatic heterocycles. The van der Waals surface area contributed by atoms with Gasteiger partial charge in [-0.2, -0.15) is 5.10 Å². The summed E-state index contributed by atoms with van der Waals surface area (Å²) in [5.41, 5.74) is 11.4. The number of nitrogens with two attached hydrogens (primary N) is 2. The second-order valence-electron chi connectivity index (χ2n) is 8.50. The van der Waals surface area contributed by atoms with Crippen molar-refractivity contribution in [3.05, 3.63) is 71.3 Å². The van der Waals surface area contributed by atoms with Gasteiger partial charge in [-0.15, -0.1) is 0 Å². The van der Waals surface area contributed by atoms with Gasteiger partial charge in [0.15, 0.2) is 5.84 Å². The zero-order valence-corrected chi connectivity index (χ0v) is 20.0. The standard InChI is InChI=1S/C22H27N5O.C4H10/c1-3-4-9-21-25-15(2)20(14-28)27(21)17-12-10-16(11-13-17)18-7-5-6-8-19(18)22(23)26-24;1-4(2)3/h5-8,10-13,28H,3-4,9,14,24H2,1-2H3,(H2,23,26);4H,1-3H3. The van der Waals surface area contributed by atoms with Gasteiger partial charge in [-0.3, -0.25) is 4.57 Å². The minimum Gasteiger partial charge on any atom is -0.390 e. The monoisotopic (exact) mass is 435 g/mol. The van der Waals surface area contributed by atoms with Crippen LogP contribution in [-0.2, 0) is 13.0 Å². The fourth-order valence-electron chi connectivity index (χ4n) is 3.44. The Morgan fingerprint density at radius 1 is 1.09 bits per heavy atom. The number of aryl methyl sites for hydroxylation is 2. The van der Waals surface area contributed by atoms with Gasteiger partial charge in [-0.25, -0.2) is 4.98 Å². The molecule has 0 saturated carbocycles. The van der Waals surface area contributed by atoms with E-state index in [0.29, 0.717) is 5.84 Å². The molecule has 5 N–H and O–H groups in total. The molecule has 6 heteroatoms. The van der Waals surface area contributed by atoms with Crippen LogP contribution in [0.15, 0.2) is 53.6 Å². The lowest BCUT2D eigenvalue weighted by atomic mass is 9.99. The van der Waals surface area contributed by atoms with Gasteiger partial charge >= 0.3 is 0 Å². The number of unbranched alkanes of at least 4 members (excludes halogenated alkanes) is 1. The molecule has 3 aromatic rings. The van der Waals surface area contributed by atoms with Crippen molar-refractivity contribution < 1.29 is 5.11 Å². The maximum absolute atomic E-state index is 9.86. The van der Waals surface area contributed by atoms with Gasteiger partial charge in [-0.05, 0) is 42.5 Å². The van der Waals surface area contributed by atoms with E-state index in [2.05, 4.69) is 42.3 Å². The summed E-state index contributed by atoms with van der Waals surface area (Å²) in [6, 6.07) is 15.9. The predicted molar refractivity (Wildman–Crippen MR) is 134 cm³/mol. The highest BCUT2D eigenvalue weighted by atomic mass is 16.3. The molecule has 2 aromatic carbocycles. The van der Waals surface area contributed by atoms with E-state index in [0.717, 1.165) is 64.8 Å². The molecule has 3 rings (SSSR count). The van der Waals surface area contributed by atoms with E-state index in [1.54, 1.807) is 0 Å². The van der Waals surface area contributed by atoms with Crippen molar-refractivity contribution in [2.75, 3.05) is 0 Å². The zero-order chi connectivity index (χ0) is 23.7. The first kappa shape index (κ1) is 25.1. The summed E-state index contributed by atoms with van der Waals surface area (Å²) in [4.78, 5) is 4.68. The number of hydrazone groups is 1. The molecule has 172 valence electrons. The van der Waals surface area contributed by atoms with Gasteiger partial charge in [0, 0.05) is 17.7 Å². The van der Waals surface area contributed by atoms with Gasteiger partial charge < -0.3 is 16.7 Å². The lowest BCUT2D eigenvalue weighted by molar-refractivity contribution is 0.273. The third-order valence-electron chi connectivity index (χ3n) is 4.92. The molecule has 0 saturated heterocycles. The average molecular weight is 436 g/mol. The maximum atomic E-state index is 9.86. The number of aliphatic hydroxyl groups excluding tert-OH is 1. The molecule has 0 unspecified atom stereocenters. The molecule has 0 spiro atoms. The van der Waals surface area contributed by atoms with Crippen LogP contribution in [-0.4, -0.2) is 20.5 Å². The van der Waals surface area contributed by atoms with Crippen molar-refractivity contribution in [2.45, 2.75) is 60.5 Å². The molecule has 0 fully saturated rings. The Kier molecular flexibility index (Phi) is 9.47. The minimum atomic E-state index is -0.0426. The summed E-state index contributed by atoms with van der Waals surface area (Å²) in [6.07, 6.45) is 3.04. The normalized spacial score (nSPS) is 11.4. The lowest BCUT2D eigenvalue weighted by Gasteiger charge is -2.13. The molecule has 0 aliphatic rings. The summed E-state index contributed by atoms with van der Waals surface area (Å²) < 4.78 is 2.07. The fourth-order valence-corrected chi connectivity index (χ4v) is 3.44. The Morgan fingerprint density at radius 3 is 2.28 bits per heavy atom. The lowest BCUT2D eigenvalue weighted by Crippen LogP contribution is -2.16. The number of aliphatic hydroxyl groups is 1. The van der Waals surface area contributed by atoms with Crippen molar-refractivity contribution in [1.29, 1.82) is 0 Å². The third-order valence-corrected chi connectivity index (χ3v) is 4.92. The number of rotatable bonds is 7. The minimum absolute atomic E-state index is 0.0426. The molecule has 32 heavy (non-hydrogen) atoms. The van der Waals surface area contributed by atoms with Crippen LogP contribution in [0.5, 0.6) is 0 Å². The highest BCUT2D eigenvalue weighted by Crippen LogP contribution is 2.27. The second-order valence-corrected chi connectivity index (χ2v) is 8.50. The molecular formula is C26H37N5O. The summed E-state index contributed by atoms with van der Waals surface area (Å²) in [7, 11) is 0. The molecule has 1 heterocycles. The van der Waals surface area contributed by atoms with Gasteiger partial charge in [0.1, 0.15) is 5.82 Å². The summed E-state index contributed by atoms with van der Waals surface area (Å²) in [5, 5.41) is 13.5. The molecule has 0 aliphatic carbocycles. The number of aromatic nitrogens is 2. The summed E-state index contributed by atoms with van der Waals surface area (Å²) in [6.45, 7) is 10.6. The molecule has 0 bridgehead atoms. The van der Waals surface area contributed by atoms with Crippen LogP contribution in [0.3, 0.4) is 0 Å². The number of imidazole rings is 1. The SMILES string of the molecule is CC(C)C.CCCCc1nc(C)c(CO)n1-c1ccc(-c2ccccc2/C(N)=N/N)cc1. The van der Waals surface area contributed by atoms with Crippen molar-refractivity contribution in [3.63, 3.8) is 0 Å². The van der Waals surface area contributed by atoms with Gasteiger partial charge in [-0.1, -0.05) is 70.5 Å². The van der Waals surface area contributed by atoms with Crippen LogP contribution < -0.4 is 11.6 Å². The van der Waals surface area contributed by atoms with Crippen molar-refractivity contribution in [3.8, 4) is 16.8 Å². The van der Waals surface area contributed by atoms with Gasteiger partial charge in [0.25, 0.3) is 0 Å². The van der Waals surface area contributed by atoms with Crippen LogP contribution >= 0.6 is 0 Å². The van der Waals surface area contributed by atoms with Crippen LogP contribution in [0.2, 0.25) is 0 Å². The van der Waals surface area contributed by atoms with Gasteiger partial charge in [0.2, 0.25) is 0 Å². The Hall–Kier alpha value is -3.12. The Labute approximate surface area is 192 Å². The van der Waals surface area contributed by atoms with E-state index in [1.807, 2.05) is 55.5 Å². The quantitative estimate of drug-likeness (QED) is 0.212. The van der Waals surface area contributed by atoms with Crippen LogP contribution in [0.25, 0.3) is 16.8 Å². The van der Waals surface area contributed by atoms with E-state index in [9.17, 15) is 5.11 Å². The van der Waals surface area contributed by atoms with Crippen LogP contribution in [0.4, 0.5) is 0 Å². The topological polar surface area (TPSA) is 102 Å². The second kappa shape index (κ2) is 12.1. The third kappa shape index (κ3) is 6.20. The first-order valence-corrected chi connectivity index (χ1v) is 11.2. The van der Waals surface area contributed by atoms with Crippen LogP contribution in [0.1, 0.15) is 63.3 Å². The molecule has 6 nitrogen and oxygen atoms in total. The van der Waals surface area contributed by atoms with Crippen molar-refractivity contribution in [1.82, 2.24) is 9.55 Å². The fraction of sp³-hybridized carbons (Fsp3) is 0.385. The molecule has 1 aromatic heterocycles. The number of amidine groups is 1. The highest BCUT2D eigenvalue weighted by Gasteiger charge is 2.15. The Bertz CT molecular complexity index is 1020. The Balaban J connectivity index is 0.000000837. The van der Waals surface area contributed by atoms with E-state index in [-0.39, 0.29) is 6.61 Å². The largest absolute Gasteiger partial charge is 0.390 e. The maximum Gasteiger partial charge on any atom is 0.150 e.